The molecule has 0 amide bonds. The Balaban J connectivity index is 0.000000645. The normalized spacial score (nSPS) is 11.6. The minimum atomic E-state index is 0.659. The maximum Gasteiger partial charge on any atom is 0.214 e. The van der Waals surface area contributed by atoms with Crippen LogP contribution >= 0.6 is 0 Å². The second-order valence-corrected chi connectivity index (χ2v) is 7.26. The highest BCUT2D eigenvalue weighted by Crippen LogP contribution is 2.33. The van der Waals surface area contributed by atoms with E-state index >= 15 is 0 Å². The Morgan fingerprint density at radius 3 is 2.06 bits per heavy atom. The van der Waals surface area contributed by atoms with Crippen LogP contribution in [0.25, 0.3) is 22.0 Å². The summed E-state index contributed by atoms with van der Waals surface area (Å²) >= 11 is 0. The largest absolute Gasteiger partial charge is 0.481 e. The van der Waals surface area contributed by atoms with Crippen molar-refractivity contribution >= 4 is 10.9 Å². The summed E-state index contributed by atoms with van der Waals surface area (Å²) in [6.45, 7) is 8.00. The van der Waals surface area contributed by atoms with Crippen molar-refractivity contribution in [1.82, 2.24) is 4.98 Å². The summed E-state index contributed by atoms with van der Waals surface area (Å²) in [5.74, 6) is 0.659. The predicted octanol–water partition coefficient (Wildman–Crippen LogP) is 7.65. The van der Waals surface area contributed by atoms with Crippen molar-refractivity contribution in [2.75, 3.05) is 7.11 Å². The van der Waals surface area contributed by atoms with Gasteiger partial charge in [0, 0.05) is 11.5 Å². The van der Waals surface area contributed by atoms with Crippen LogP contribution in [-0.4, -0.2) is 12.1 Å². The van der Waals surface area contributed by atoms with Gasteiger partial charge in [0.15, 0.2) is 0 Å². The summed E-state index contributed by atoms with van der Waals surface area (Å²) in [4.78, 5) is 4.66. The van der Waals surface area contributed by atoms with Crippen molar-refractivity contribution in [2.24, 2.45) is 0 Å². The van der Waals surface area contributed by atoms with Crippen LogP contribution in [0.5, 0.6) is 5.88 Å². The second-order valence-electron chi connectivity index (χ2n) is 7.26. The molecule has 160 valence electrons. The minimum Gasteiger partial charge on any atom is -0.481 e. The summed E-state index contributed by atoms with van der Waals surface area (Å²) in [5, 5.41) is 1.18. The lowest BCUT2D eigenvalue weighted by molar-refractivity contribution is 0.400. The van der Waals surface area contributed by atoms with Gasteiger partial charge in [0.2, 0.25) is 5.88 Å². The second kappa shape index (κ2) is 10.8. The average molecular weight is 412 g/mol. The van der Waals surface area contributed by atoms with Gasteiger partial charge in [-0.1, -0.05) is 82.3 Å². The van der Waals surface area contributed by atoms with E-state index in [1.807, 2.05) is 27.7 Å². The van der Waals surface area contributed by atoms with Gasteiger partial charge < -0.3 is 4.74 Å². The Morgan fingerprint density at radius 2 is 1.32 bits per heavy atom. The van der Waals surface area contributed by atoms with E-state index in [4.69, 9.17) is 4.74 Å². The molecule has 0 aliphatic heterocycles. The lowest BCUT2D eigenvalue weighted by Crippen LogP contribution is -1.94. The smallest absolute Gasteiger partial charge is 0.214 e. The molecule has 4 aromatic rings. The Labute approximate surface area is 186 Å². The van der Waals surface area contributed by atoms with E-state index < -0.39 is 0 Å². The van der Waals surface area contributed by atoms with E-state index in [1.165, 1.54) is 38.8 Å². The number of aryl methyl sites for hydroxylation is 2. The van der Waals surface area contributed by atoms with E-state index in [-0.39, 0.29) is 0 Å². The molecule has 0 N–H and O–H groups in total. The van der Waals surface area contributed by atoms with Crippen LogP contribution in [0.1, 0.15) is 49.9 Å². The van der Waals surface area contributed by atoms with Crippen LogP contribution in [0.3, 0.4) is 0 Å². The van der Waals surface area contributed by atoms with Gasteiger partial charge in [0.05, 0.1) is 12.6 Å². The highest BCUT2D eigenvalue weighted by Gasteiger charge is 2.11. The van der Waals surface area contributed by atoms with E-state index in [1.54, 1.807) is 7.11 Å². The molecule has 0 saturated heterocycles. The Bertz CT molecular complexity index is 1150. The van der Waals surface area contributed by atoms with Crippen molar-refractivity contribution in [1.29, 1.82) is 0 Å². The number of pyridine rings is 1. The molecule has 0 fully saturated rings. The standard InChI is InChI=1S/C25H21NO.2C2H6/c1-27-25-16-22-21-7-3-5-18(14-21)9-8-17-4-2-6-19(12-17)13-20-10-11-24(26-25)23(22)15-20;2*1-2/h2-7,10-12,14-16H,8-9,13H2,1H3;2*1-2H3. The zero-order chi connectivity index (χ0) is 22.2. The van der Waals surface area contributed by atoms with Crippen molar-refractivity contribution < 1.29 is 4.74 Å². The van der Waals surface area contributed by atoms with E-state index in [9.17, 15) is 0 Å². The molecule has 0 spiro atoms. The van der Waals surface area contributed by atoms with E-state index in [2.05, 4.69) is 77.8 Å². The first-order valence-corrected chi connectivity index (χ1v) is 11.4. The SMILES string of the molecule is CC.CC.COc1cc2c3cc(ccc3n1)Cc1cccc(c1)CCc1cccc-2c1. The zero-order valence-corrected chi connectivity index (χ0v) is 19.4. The number of aromatic nitrogens is 1. The Kier molecular flexibility index (Phi) is 7.83. The maximum atomic E-state index is 5.47. The van der Waals surface area contributed by atoms with Gasteiger partial charge in [-0.05, 0) is 64.8 Å². The molecular formula is C29H33NO. The van der Waals surface area contributed by atoms with Crippen LogP contribution in [-0.2, 0) is 19.3 Å². The number of hydrogen-bond donors (Lipinski definition) is 0. The molecule has 3 aromatic carbocycles. The molecule has 1 aliphatic carbocycles. The summed E-state index contributed by atoms with van der Waals surface area (Å²) in [5.41, 5.74) is 8.82. The monoisotopic (exact) mass is 411 g/mol. The molecule has 1 aliphatic rings. The van der Waals surface area contributed by atoms with Crippen molar-refractivity contribution in [3.8, 4) is 17.0 Å². The predicted molar refractivity (Wildman–Crippen MR) is 133 cm³/mol. The zero-order valence-electron chi connectivity index (χ0n) is 19.4. The average Bonchev–Trinajstić information content (AvgIpc) is 2.85. The fraction of sp³-hybridized carbons (Fsp3) is 0.276. The highest BCUT2D eigenvalue weighted by molar-refractivity contribution is 5.95. The maximum absolute atomic E-state index is 5.47. The number of rotatable bonds is 1. The third-order valence-electron chi connectivity index (χ3n) is 5.40. The molecule has 0 radical (unpaired) electrons. The van der Waals surface area contributed by atoms with Crippen molar-refractivity contribution in [3.05, 3.63) is 95.1 Å². The first-order valence-electron chi connectivity index (χ1n) is 11.4. The van der Waals surface area contributed by atoms with Gasteiger partial charge in [-0.3, -0.25) is 0 Å². The number of methoxy groups -OCH3 is 1. The Morgan fingerprint density at radius 1 is 0.677 bits per heavy atom. The first kappa shape index (κ1) is 22.6. The molecule has 2 nitrogen and oxygen atoms in total. The molecule has 1 heterocycles. The number of ether oxygens (including phenoxy) is 1. The van der Waals surface area contributed by atoms with Crippen LogP contribution in [0.15, 0.2) is 72.8 Å². The molecule has 0 unspecified atom stereocenters. The van der Waals surface area contributed by atoms with Crippen molar-refractivity contribution in [2.45, 2.75) is 47.0 Å². The van der Waals surface area contributed by atoms with Crippen LogP contribution < -0.4 is 4.74 Å². The fourth-order valence-corrected chi connectivity index (χ4v) is 4.02. The summed E-state index contributed by atoms with van der Waals surface area (Å²) in [6, 6.07) is 26.5. The van der Waals surface area contributed by atoms with Gasteiger partial charge in [-0.15, -0.1) is 0 Å². The van der Waals surface area contributed by atoms with Crippen molar-refractivity contribution in [3.63, 3.8) is 0 Å². The van der Waals surface area contributed by atoms with Crippen LogP contribution in [0, 0.1) is 0 Å². The quantitative estimate of drug-likeness (QED) is 0.321. The lowest BCUT2D eigenvalue weighted by atomic mass is 9.96. The van der Waals surface area contributed by atoms with Crippen LogP contribution in [0.4, 0.5) is 0 Å². The van der Waals surface area contributed by atoms with Gasteiger partial charge in [0.1, 0.15) is 0 Å². The summed E-state index contributed by atoms with van der Waals surface area (Å²) in [7, 11) is 1.68. The molecule has 31 heavy (non-hydrogen) atoms. The molecule has 1 aromatic heterocycles. The summed E-state index contributed by atoms with van der Waals surface area (Å²) < 4.78 is 5.47. The van der Waals surface area contributed by atoms with Gasteiger partial charge in [0.25, 0.3) is 0 Å². The van der Waals surface area contributed by atoms with E-state index in [0.717, 1.165) is 24.8 Å². The van der Waals surface area contributed by atoms with Gasteiger partial charge in [-0.25, -0.2) is 4.98 Å². The third kappa shape index (κ3) is 5.14. The molecule has 0 atom stereocenters. The minimum absolute atomic E-state index is 0.659. The highest BCUT2D eigenvalue weighted by atomic mass is 16.5. The Hall–Kier alpha value is -3.13. The third-order valence-corrected chi connectivity index (χ3v) is 5.40. The number of nitrogens with zero attached hydrogens (tertiary/aromatic N) is 1. The lowest BCUT2D eigenvalue weighted by Gasteiger charge is -2.12. The van der Waals surface area contributed by atoms with Crippen LogP contribution in [0.2, 0.25) is 0 Å². The topological polar surface area (TPSA) is 22.1 Å². The van der Waals surface area contributed by atoms with Gasteiger partial charge >= 0.3 is 0 Å². The fourth-order valence-electron chi connectivity index (χ4n) is 4.02. The molecule has 2 heteroatoms. The molecule has 0 saturated carbocycles. The van der Waals surface area contributed by atoms with Gasteiger partial charge in [-0.2, -0.15) is 0 Å². The molecular weight excluding hydrogens is 378 g/mol. The number of fused-ring (bicyclic) bond motifs is 6. The molecule has 6 bridgehead atoms. The number of benzene rings is 3. The van der Waals surface area contributed by atoms with E-state index in [0.29, 0.717) is 5.88 Å². The number of hydrogen-bond acceptors (Lipinski definition) is 2. The molecule has 5 rings (SSSR count). The first-order chi connectivity index (χ1) is 15.3. The summed E-state index contributed by atoms with van der Waals surface area (Å²) in [6.07, 6.45) is 3.04.